The second kappa shape index (κ2) is 7.59. The van der Waals surface area contributed by atoms with Crippen LogP contribution in [0.2, 0.25) is 0 Å². The Morgan fingerprint density at radius 3 is 2.67 bits per heavy atom. The fraction of sp³-hybridized carbons (Fsp3) is 0.938. The average molecular weight is 340 g/mol. The van der Waals surface area contributed by atoms with Gasteiger partial charge in [-0.2, -0.15) is 0 Å². The Morgan fingerprint density at radius 1 is 1.42 bits per heavy atom. The summed E-state index contributed by atoms with van der Waals surface area (Å²) >= 11 is 0. The van der Waals surface area contributed by atoms with Crippen LogP contribution in [-0.4, -0.2) is 59.1 Å². The van der Waals surface area contributed by atoms with Crippen LogP contribution in [0.4, 0.5) is 4.79 Å². The normalized spacial score (nSPS) is 27.2. The molecule has 0 spiro atoms. The largest absolute Gasteiger partial charge is 0.444 e. The number of amides is 1. The molecule has 2 rings (SSSR count). The van der Waals surface area contributed by atoms with Crippen molar-refractivity contribution in [1.82, 2.24) is 4.90 Å². The van der Waals surface area contributed by atoms with Gasteiger partial charge in [-0.25, -0.2) is 4.79 Å². The second-order valence-electron chi connectivity index (χ2n) is 7.76. The van der Waals surface area contributed by atoms with Crippen LogP contribution < -0.4 is 0 Å². The first-order chi connectivity index (χ1) is 11.2. The molecule has 0 aromatic heterocycles. The van der Waals surface area contributed by atoms with Crippen LogP contribution in [-0.2, 0) is 9.47 Å². The molecule has 0 aliphatic carbocycles. The lowest BCUT2D eigenvalue weighted by molar-refractivity contribution is -0.0844. The van der Waals surface area contributed by atoms with E-state index in [2.05, 4.69) is 10.0 Å². The SMILES string of the molecule is CC(C)(C)OC(=O)N1C[C@H](N=[N+]=[N-])CC[C@@H]1CC1(O)CCOCC1. The summed E-state index contributed by atoms with van der Waals surface area (Å²) in [5, 5.41) is 14.5. The van der Waals surface area contributed by atoms with Crippen molar-refractivity contribution in [2.24, 2.45) is 5.11 Å². The van der Waals surface area contributed by atoms with E-state index in [0.29, 0.717) is 51.9 Å². The van der Waals surface area contributed by atoms with Crippen molar-refractivity contribution in [3.8, 4) is 0 Å². The highest BCUT2D eigenvalue weighted by atomic mass is 16.6. The van der Waals surface area contributed by atoms with Crippen molar-refractivity contribution in [2.75, 3.05) is 19.8 Å². The molecule has 8 nitrogen and oxygen atoms in total. The lowest BCUT2D eigenvalue weighted by Gasteiger charge is -2.43. The van der Waals surface area contributed by atoms with Crippen molar-refractivity contribution in [1.29, 1.82) is 0 Å². The number of piperidine rings is 1. The van der Waals surface area contributed by atoms with E-state index in [4.69, 9.17) is 15.0 Å². The molecule has 1 amide bonds. The molecule has 24 heavy (non-hydrogen) atoms. The van der Waals surface area contributed by atoms with Crippen LogP contribution in [0.15, 0.2) is 5.11 Å². The van der Waals surface area contributed by atoms with Gasteiger partial charge in [0.15, 0.2) is 0 Å². The number of rotatable bonds is 3. The molecule has 0 bridgehead atoms. The summed E-state index contributed by atoms with van der Waals surface area (Å²) in [4.78, 5) is 17.1. The minimum absolute atomic E-state index is 0.118. The van der Waals surface area contributed by atoms with Gasteiger partial charge in [-0.15, -0.1) is 0 Å². The molecular formula is C16H28N4O4. The number of nitrogens with zero attached hydrogens (tertiary/aromatic N) is 4. The Labute approximate surface area is 142 Å². The smallest absolute Gasteiger partial charge is 0.410 e. The Kier molecular flexibility index (Phi) is 5.96. The van der Waals surface area contributed by atoms with Crippen molar-refractivity contribution < 1.29 is 19.4 Å². The van der Waals surface area contributed by atoms with E-state index in [0.717, 1.165) is 0 Å². The van der Waals surface area contributed by atoms with Crippen molar-refractivity contribution >= 4 is 6.09 Å². The third-order valence-corrected chi connectivity index (χ3v) is 4.56. The van der Waals surface area contributed by atoms with Gasteiger partial charge in [0.25, 0.3) is 0 Å². The fourth-order valence-corrected chi connectivity index (χ4v) is 3.33. The molecule has 1 N–H and O–H groups in total. The van der Waals surface area contributed by atoms with Crippen molar-refractivity contribution in [3.05, 3.63) is 10.4 Å². The van der Waals surface area contributed by atoms with E-state index >= 15 is 0 Å². The minimum atomic E-state index is -0.811. The molecule has 8 heteroatoms. The molecule has 0 saturated carbocycles. The number of aliphatic hydroxyl groups is 1. The highest BCUT2D eigenvalue weighted by Crippen LogP contribution is 2.32. The van der Waals surface area contributed by atoms with Gasteiger partial charge in [-0.3, -0.25) is 0 Å². The third-order valence-electron chi connectivity index (χ3n) is 4.56. The van der Waals surface area contributed by atoms with E-state index in [1.165, 1.54) is 0 Å². The predicted octanol–water partition coefficient (Wildman–Crippen LogP) is 3.00. The van der Waals surface area contributed by atoms with Gasteiger partial charge in [-0.1, -0.05) is 5.11 Å². The van der Waals surface area contributed by atoms with Crippen LogP contribution >= 0.6 is 0 Å². The number of hydrogen-bond acceptors (Lipinski definition) is 5. The maximum atomic E-state index is 12.6. The van der Waals surface area contributed by atoms with E-state index in [1.54, 1.807) is 4.90 Å². The quantitative estimate of drug-likeness (QED) is 0.484. The molecule has 2 aliphatic heterocycles. The zero-order chi connectivity index (χ0) is 17.8. The van der Waals surface area contributed by atoms with Gasteiger partial charge in [0.1, 0.15) is 5.60 Å². The summed E-state index contributed by atoms with van der Waals surface area (Å²) in [6, 6.07) is -0.365. The van der Waals surface area contributed by atoms with Gasteiger partial charge in [0.2, 0.25) is 0 Å². The number of likely N-dealkylation sites (tertiary alicyclic amines) is 1. The van der Waals surface area contributed by atoms with Gasteiger partial charge >= 0.3 is 6.09 Å². The van der Waals surface area contributed by atoms with Crippen LogP contribution in [0.1, 0.15) is 52.9 Å². The van der Waals surface area contributed by atoms with Crippen molar-refractivity contribution in [2.45, 2.75) is 76.2 Å². The molecule has 0 radical (unpaired) electrons. The molecule has 2 fully saturated rings. The Hall–Kier alpha value is -1.50. The predicted molar refractivity (Wildman–Crippen MR) is 88.5 cm³/mol. The molecule has 2 heterocycles. The minimum Gasteiger partial charge on any atom is -0.444 e. The summed E-state index contributed by atoms with van der Waals surface area (Å²) in [6.07, 6.45) is 2.63. The monoisotopic (exact) mass is 340 g/mol. The van der Waals surface area contributed by atoms with Crippen LogP contribution in [0.25, 0.3) is 10.4 Å². The fourth-order valence-electron chi connectivity index (χ4n) is 3.33. The first-order valence-corrected chi connectivity index (χ1v) is 8.56. The Balaban J connectivity index is 2.10. The molecule has 0 unspecified atom stereocenters. The van der Waals surface area contributed by atoms with Crippen LogP contribution in [0, 0.1) is 0 Å². The number of hydrogen-bond donors (Lipinski definition) is 1. The number of carbonyl (C=O) groups excluding carboxylic acids is 1. The second-order valence-corrected chi connectivity index (χ2v) is 7.76. The molecule has 0 aromatic rings. The summed E-state index contributed by atoms with van der Waals surface area (Å²) in [5.41, 5.74) is 7.26. The van der Waals surface area contributed by atoms with Gasteiger partial charge in [-0.05, 0) is 58.4 Å². The molecule has 2 aliphatic rings. The lowest BCUT2D eigenvalue weighted by Crippen LogP contribution is -2.53. The highest BCUT2D eigenvalue weighted by Gasteiger charge is 2.40. The first kappa shape index (κ1) is 18.8. The molecule has 2 saturated heterocycles. The van der Waals surface area contributed by atoms with Gasteiger partial charge < -0.3 is 19.5 Å². The number of azide groups is 1. The Morgan fingerprint density at radius 2 is 2.08 bits per heavy atom. The maximum Gasteiger partial charge on any atom is 0.410 e. The van der Waals surface area contributed by atoms with Crippen LogP contribution in [0.5, 0.6) is 0 Å². The zero-order valence-electron chi connectivity index (χ0n) is 14.8. The molecule has 2 atom stereocenters. The first-order valence-electron chi connectivity index (χ1n) is 8.56. The zero-order valence-corrected chi connectivity index (χ0v) is 14.8. The van der Waals surface area contributed by atoms with E-state index in [9.17, 15) is 9.90 Å². The molecular weight excluding hydrogens is 312 g/mol. The highest BCUT2D eigenvalue weighted by molar-refractivity contribution is 5.68. The van der Waals surface area contributed by atoms with Gasteiger partial charge in [0.05, 0.1) is 11.6 Å². The Bertz CT molecular complexity index is 493. The maximum absolute atomic E-state index is 12.6. The van der Waals surface area contributed by atoms with Crippen LogP contribution in [0.3, 0.4) is 0 Å². The summed E-state index contributed by atoms with van der Waals surface area (Å²) in [6.45, 7) is 6.87. The number of carbonyl (C=O) groups is 1. The average Bonchev–Trinajstić information content (AvgIpc) is 2.47. The standard InChI is InChI=1S/C16H28N4O4/c1-15(2,3)24-14(21)20-11-12(18-19-17)4-5-13(20)10-16(22)6-8-23-9-7-16/h12-13,22H,4-11H2,1-3H3/t12-,13-/m1/s1. The van der Waals surface area contributed by atoms with E-state index < -0.39 is 17.3 Å². The third kappa shape index (κ3) is 5.26. The van der Waals surface area contributed by atoms with E-state index in [1.807, 2.05) is 20.8 Å². The topological polar surface area (TPSA) is 108 Å². The van der Waals surface area contributed by atoms with Gasteiger partial charge in [0, 0.05) is 30.7 Å². The number of ether oxygens (including phenoxy) is 2. The summed E-state index contributed by atoms with van der Waals surface area (Å²) in [5.74, 6) is 0. The molecule has 136 valence electrons. The molecule has 0 aromatic carbocycles. The summed E-state index contributed by atoms with van der Waals surface area (Å²) < 4.78 is 10.8. The van der Waals surface area contributed by atoms with Crippen molar-refractivity contribution in [3.63, 3.8) is 0 Å². The van der Waals surface area contributed by atoms with E-state index in [-0.39, 0.29) is 12.1 Å². The lowest BCUT2D eigenvalue weighted by atomic mass is 9.83. The summed E-state index contributed by atoms with van der Waals surface area (Å²) in [7, 11) is 0.